The van der Waals surface area contributed by atoms with Gasteiger partial charge in [0.2, 0.25) is 11.8 Å². The van der Waals surface area contributed by atoms with Gasteiger partial charge in [0, 0.05) is 36.1 Å². The van der Waals surface area contributed by atoms with Gasteiger partial charge in [-0.25, -0.2) is 0 Å². The molecule has 0 saturated heterocycles. The molecule has 0 unspecified atom stereocenters. The summed E-state index contributed by atoms with van der Waals surface area (Å²) in [7, 11) is 1.57. The quantitative estimate of drug-likeness (QED) is 0.604. The standard InChI is InChI=1S/C20H24N4O3/c1-4-18(25)23-16-6-5-7-17(13(16)2)24-19(26)12-22-15-10-8-14(9-11-15)20(27)21-3/h5-11,22H,4,12H2,1-3H3,(H,21,27)(H,23,25)(H,24,26). The lowest BCUT2D eigenvalue weighted by atomic mass is 10.1. The zero-order chi connectivity index (χ0) is 19.8. The molecule has 3 amide bonds. The molecule has 0 bridgehead atoms. The molecule has 0 aliphatic rings. The minimum atomic E-state index is -0.215. The topological polar surface area (TPSA) is 99.3 Å². The minimum Gasteiger partial charge on any atom is -0.376 e. The van der Waals surface area contributed by atoms with Crippen molar-refractivity contribution in [3.63, 3.8) is 0 Å². The molecule has 4 N–H and O–H groups in total. The first kappa shape index (κ1) is 20.0. The van der Waals surface area contributed by atoms with E-state index in [0.29, 0.717) is 23.4 Å². The summed E-state index contributed by atoms with van der Waals surface area (Å²) in [6, 6.07) is 12.2. The number of rotatable bonds is 7. The van der Waals surface area contributed by atoms with Crippen molar-refractivity contribution < 1.29 is 14.4 Å². The van der Waals surface area contributed by atoms with E-state index in [0.717, 1.165) is 11.3 Å². The zero-order valence-electron chi connectivity index (χ0n) is 15.7. The predicted octanol–water partition coefficient (Wildman–Crippen LogP) is 2.75. The monoisotopic (exact) mass is 368 g/mol. The van der Waals surface area contributed by atoms with E-state index in [1.165, 1.54) is 0 Å². The molecule has 27 heavy (non-hydrogen) atoms. The fraction of sp³-hybridized carbons (Fsp3) is 0.250. The smallest absolute Gasteiger partial charge is 0.251 e. The Balaban J connectivity index is 1.95. The van der Waals surface area contributed by atoms with Crippen molar-refractivity contribution in [2.45, 2.75) is 20.3 Å². The van der Waals surface area contributed by atoms with Crippen LogP contribution in [0, 0.1) is 6.92 Å². The zero-order valence-corrected chi connectivity index (χ0v) is 15.7. The van der Waals surface area contributed by atoms with Crippen molar-refractivity contribution in [3.8, 4) is 0 Å². The van der Waals surface area contributed by atoms with Crippen LogP contribution in [-0.4, -0.2) is 31.3 Å². The van der Waals surface area contributed by atoms with Gasteiger partial charge in [0.05, 0.1) is 6.54 Å². The molecular weight excluding hydrogens is 344 g/mol. The molecule has 0 saturated carbocycles. The van der Waals surface area contributed by atoms with Crippen molar-refractivity contribution in [1.82, 2.24) is 5.32 Å². The summed E-state index contributed by atoms with van der Waals surface area (Å²) < 4.78 is 0. The second-order valence-electron chi connectivity index (χ2n) is 5.94. The van der Waals surface area contributed by atoms with Crippen LogP contribution in [-0.2, 0) is 9.59 Å². The summed E-state index contributed by atoms with van der Waals surface area (Å²) in [6.45, 7) is 3.69. The van der Waals surface area contributed by atoms with Gasteiger partial charge in [0.25, 0.3) is 5.91 Å². The molecule has 7 heteroatoms. The van der Waals surface area contributed by atoms with E-state index >= 15 is 0 Å². The highest BCUT2D eigenvalue weighted by Crippen LogP contribution is 2.23. The van der Waals surface area contributed by atoms with Gasteiger partial charge in [-0.05, 0) is 48.9 Å². The Kier molecular flexibility index (Phi) is 6.93. The molecule has 2 aromatic rings. The first-order chi connectivity index (χ1) is 12.9. The third-order valence-corrected chi connectivity index (χ3v) is 4.03. The summed E-state index contributed by atoms with van der Waals surface area (Å²) in [4.78, 5) is 35.3. The van der Waals surface area contributed by atoms with Crippen LogP contribution in [0.2, 0.25) is 0 Å². The van der Waals surface area contributed by atoms with Crippen LogP contribution in [0.15, 0.2) is 42.5 Å². The Bertz CT molecular complexity index is 832. The van der Waals surface area contributed by atoms with Crippen molar-refractivity contribution in [2.24, 2.45) is 0 Å². The molecule has 7 nitrogen and oxygen atoms in total. The number of hydrogen-bond donors (Lipinski definition) is 4. The number of carbonyl (C=O) groups is 3. The molecule has 2 rings (SSSR count). The van der Waals surface area contributed by atoms with Crippen LogP contribution in [0.25, 0.3) is 0 Å². The van der Waals surface area contributed by atoms with Crippen LogP contribution >= 0.6 is 0 Å². The molecule has 0 heterocycles. The van der Waals surface area contributed by atoms with E-state index in [9.17, 15) is 14.4 Å². The number of carbonyl (C=O) groups excluding carboxylic acids is 3. The van der Waals surface area contributed by atoms with E-state index in [1.54, 1.807) is 56.4 Å². The second-order valence-corrected chi connectivity index (χ2v) is 5.94. The predicted molar refractivity (Wildman–Crippen MR) is 107 cm³/mol. The van der Waals surface area contributed by atoms with E-state index < -0.39 is 0 Å². The normalized spacial score (nSPS) is 10.0. The van der Waals surface area contributed by atoms with Crippen molar-refractivity contribution in [2.75, 3.05) is 29.5 Å². The first-order valence-electron chi connectivity index (χ1n) is 8.70. The first-order valence-corrected chi connectivity index (χ1v) is 8.70. The lowest BCUT2D eigenvalue weighted by Crippen LogP contribution is -2.22. The number of anilines is 3. The lowest BCUT2D eigenvalue weighted by Gasteiger charge is -2.14. The minimum absolute atomic E-state index is 0.0737. The van der Waals surface area contributed by atoms with Gasteiger partial charge >= 0.3 is 0 Å². The van der Waals surface area contributed by atoms with Crippen LogP contribution in [0.5, 0.6) is 0 Å². The van der Waals surface area contributed by atoms with Gasteiger partial charge in [0.15, 0.2) is 0 Å². The Hall–Kier alpha value is -3.35. The van der Waals surface area contributed by atoms with Gasteiger partial charge in [-0.1, -0.05) is 13.0 Å². The van der Waals surface area contributed by atoms with E-state index in [-0.39, 0.29) is 24.3 Å². The van der Waals surface area contributed by atoms with Crippen LogP contribution in [0.1, 0.15) is 29.3 Å². The van der Waals surface area contributed by atoms with Crippen molar-refractivity contribution >= 4 is 34.8 Å². The fourth-order valence-corrected chi connectivity index (χ4v) is 2.41. The maximum absolute atomic E-state index is 12.2. The number of hydrogen-bond acceptors (Lipinski definition) is 4. The molecule has 0 aliphatic carbocycles. The molecule has 0 radical (unpaired) electrons. The summed E-state index contributed by atoms with van der Waals surface area (Å²) in [5.74, 6) is -0.458. The maximum atomic E-state index is 12.2. The van der Waals surface area contributed by atoms with E-state index in [1.807, 2.05) is 6.92 Å². The summed E-state index contributed by atoms with van der Waals surface area (Å²) in [5.41, 5.74) is 3.40. The van der Waals surface area contributed by atoms with Gasteiger partial charge in [0.1, 0.15) is 0 Å². The molecular formula is C20H24N4O3. The summed E-state index contributed by atoms with van der Waals surface area (Å²) in [6.07, 6.45) is 0.388. The number of benzene rings is 2. The van der Waals surface area contributed by atoms with Gasteiger partial charge in [-0.3, -0.25) is 14.4 Å². The second kappa shape index (κ2) is 9.38. The van der Waals surface area contributed by atoms with Crippen LogP contribution in [0.3, 0.4) is 0 Å². The Morgan fingerprint density at radius 3 is 2.04 bits per heavy atom. The molecule has 2 aromatic carbocycles. The Morgan fingerprint density at radius 1 is 0.889 bits per heavy atom. The van der Waals surface area contributed by atoms with E-state index in [2.05, 4.69) is 21.3 Å². The Labute approximate surface area is 158 Å². The largest absolute Gasteiger partial charge is 0.376 e. The van der Waals surface area contributed by atoms with E-state index in [4.69, 9.17) is 0 Å². The fourth-order valence-electron chi connectivity index (χ4n) is 2.41. The highest BCUT2D eigenvalue weighted by Gasteiger charge is 2.09. The highest BCUT2D eigenvalue weighted by molar-refractivity contribution is 5.97. The van der Waals surface area contributed by atoms with Gasteiger partial charge in [-0.2, -0.15) is 0 Å². The van der Waals surface area contributed by atoms with Crippen LogP contribution in [0.4, 0.5) is 17.1 Å². The lowest BCUT2D eigenvalue weighted by molar-refractivity contribution is -0.116. The summed E-state index contributed by atoms with van der Waals surface area (Å²) >= 11 is 0. The molecule has 0 atom stereocenters. The average molecular weight is 368 g/mol. The maximum Gasteiger partial charge on any atom is 0.251 e. The summed E-state index contributed by atoms with van der Waals surface area (Å²) in [5, 5.41) is 11.2. The SMILES string of the molecule is CCC(=O)Nc1cccc(NC(=O)CNc2ccc(C(=O)NC)cc2)c1C. The molecule has 0 aliphatic heterocycles. The third-order valence-electron chi connectivity index (χ3n) is 4.03. The molecule has 0 fully saturated rings. The Morgan fingerprint density at radius 2 is 1.48 bits per heavy atom. The number of amides is 3. The molecule has 0 spiro atoms. The molecule has 142 valence electrons. The van der Waals surface area contributed by atoms with Crippen molar-refractivity contribution in [3.05, 3.63) is 53.6 Å². The van der Waals surface area contributed by atoms with Crippen LogP contribution < -0.4 is 21.3 Å². The van der Waals surface area contributed by atoms with Gasteiger partial charge in [-0.15, -0.1) is 0 Å². The molecule has 0 aromatic heterocycles. The third kappa shape index (κ3) is 5.57. The van der Waals surface area contributed by atoms with Gasteiger partial charge < -0.3 is 21.3 Å². The van der Waals surface area contributed by atoms with Crippen molar-refractivity contribution in [1.29, 1.82) is 0 Å². The number of nitrogens with one attached hydrogen (secondary N) is 4. The highest BCUT2D eigenvalue weighted by atomic mass is 16.2. The average Bonchev–Trinajstić information content (AvgIpc) is 2.69.